The van der Waals surface area contributed by atoms with Crippen molar-refractivity contribution in [3.05, 3.63) is 63.4 Å². The predicted molar refractivity (Wildman–Crippen MR) is 113 cm³/mol. The lowest BCUT2D eigenvalue weighted by atomic mass is 10.0. The van der Waals surface area contributed by atoms with E-state index in [9.17, 15) is 9.18 Å². The quantitative estimate of drug-likeness (QED) is 0.566. The molecule has 2 heterocycles. The van der Waals surface area contributed by atoms with Crippen LogP contribution in [0.15, 0.2) is 35.1 Å². The number of carbonyl (C=O) groups excluding carboxylic acids is 1. The van der Waals surface area contributed by atoms with Gasteiger partial charge < -0.3 is 15.4 Å². The number of hydrogen-bond donors (Lipinski definition) is 1. The van der Waals surface area contributed by atoms with Gasteiger partial charge in [-0.1, -0.05) is 0 Å². The zero-order valence-electron chi connectivity index (χ0n) is 17.0. The molecule has 0 saturated carbocycles. The summed E-state index contributed by atoms with van der Waals surface area (Å²) in [5.74, 6) is -0.737. The van der Waals surface area contributed by atoms with Gasteiger partial charge in [-0.05, 0) is 47.1 Å². The maximum atomic E-state index is 14.0. The molecule has 1 amide bonds. The van der Waals surface area contributed by atoms with Gasteiger partial charge in [0.05, 0.1) is 18.4 Å². The SMILES string of the molecule is C[C@H](Oc1nc(Br)cnc1N)c1cc(F)ccc1C(=O)N(C)Cc1cc(C#N)n(C)n1. The van der Waals surface area contributed by atoms with E-state index >= 15 is 0 Å². The van der Waals surface area contributed by atoms with Gasteiger partial charge in [0, 0.05) is 25.2 Å². The lowest BCUT2D eigenvalue weighted by molar-refractivity contribution is 0.0778. The number of aromatic nitrogens is 4. The van der Waals surface area contributed by atoms with Gasteiger partial charge in [0.25, 0.3) is 11.8 Å². The molecule has 0 radical (unpaired) electrons. The summed E-state index contributed by atoms with van der Waals surface area (Å²) < 4.78 is 21.6. The highest BCUT2D eigenvalue weighted by Gasteiger charge is 2.23. The third-order valence-electron chi connectivity index (χ3n) is 4.50. The molecule has 2 N–H and O–H groups in total. The smallest absolute Gasteiger partial charge is 0.258 e. The first-order valence-corrected chi connectivity index (χ1v) is 9.91. The van der Waals surface area contributed by atoms with E-state index < -0.39 is 11.9 Å². The molecule has 11 heteroatoms. The van der Waals surface area contributed by atoms with Crippen molar-refractivity contribution < 1.29 is 13.9 Å². The van der Waals surface area contributed by atoms with Gasteiger partial charge >= 0.3 is 0 Å². The molecular formula is C20H19BrFN7O2. The van der Waals surface area contributed by atoms with Crippen LogP contribution in [-0.2, 0) is 13.6 Å². The van der Waals surface area contributed by atoms with Gasteiger partial charge in [-0.25, -0.2) is 14.4 Å². The number of nitrogens with two attached hydrogens (primary N) is 1. The highest BCUT2D eigenvalue weighted by atomic mass is 79.9. The van der Waals surface area contributed by atoms with Crippen molar-refractivity contribution >= 4 is 27.7 Å². The molecule has 3 aromatic rings. The van der Waals surface area contributed by atoms with E-state index in [4.69, 9.17) is 15.7 Å². The molecule has 0 saturated heterocycles. The number of aryl methyl sites for hydroxylation is 1. The van der Waals surface area contributed by atoms with Crippen molar-refractivity contribution in [2.24, 2.45) is 7.05 Å². The number of nitrogen functional groups attached to an aromatic ring is 1. The van der Waals surface area contributed by atoms with Crippen LogP contribution >= 0.6 is 15.9 Å². The third kappa shape index (κ3) is 4.97. The standard InChI is InChI=1S/C20H19BrFN7O2/c1-11(31-19-18(24)25-9-17(21)26-19)16-6-12(22)4-5-15(16)20(30)28(2)10-13-7-14(8-23)29(3)27-13/h4-7,9,11H,10H2,1-3H3,(H2,24,25)/t11-/m0/s1. The lowest BCUT2D eigenvalue weighted by Gasteiger charge is -2.21. The number of nitrogens with zero attached hydrogens (tertiary/aromatic N) is 6. The Morgan fingerprint density at radius 2 is 2.19 bits per heavy atom. The summed E-state index contributed by atoms with van der Waals surface area (Å²) in [4.78, 5) is 22.6. The van der Waals surface area contributed by atoms with Gasteiger partial charge in [0.1, 0.15) is 28.3 Å². The predicted octanol–water partition coefficient (Wildman–Crippen LogP) is 2.98. The Morgan fingerprint density at radius 1 is 1.45 bits per heavy atom. The molecule has 0 aliphatic rings. The second-order valence-corrected chi connectivity index (χ2v) is 7.60. The summed E-state index contributed by atoms with van der Waals surface area (Å²) in [5.41, 5.74) is 7.33. The fourth-order valence-electron chi connectivity index (χ4n) is 2.97. The zero-order valence-corrected chi connectivity index (χ0v) is 18.6. The topological polar surface area (TPSA) is 123 Å². The molecule has 0 aliphatic carbocycles. The average molecular weight is 488 g/mol. The third-order valence-corrected chi connectivity index (χ3v) is 4.88. The van der Waals surface area contributed by atoms with Crippen LogP contribution < -0.4 is 10.5 Å². The Bertz CT molecular complexity index is 1170. The van der Waals surface area contributed by atoms with Gasteiger partial charge in [0.2, 0.25) is 0 Å². The molecule has 0 fully saturated rings. The number of ether oxygens (including phenoxy) is 1. The number of hydrogen-bond acceptors (Lipinski definition) is 7. The van der Waals surface area contributed by atoms with E-state index in [1.807, 2.05) is 6.07 Å². The molecule has 9 nitrogen and oxygen atoms in total. The van der Waals surface area contributed by atoms with Crippen LogP contribution in [-0.4, -0.2) is 37.6 Å². The molecule has 31 heavy (non-hydrogen) atoms. The Kier molecular flexibility index (Phi) is 6.50. The van der Waals surface area contributed by atoms with Crippen LogP contribution in [0.2, 0.25) is 0 Å². The van der Waals surface area contributed by atoms with Crippen molar-refractivity contribution in [1.82, 2.24) is 24.6 Å². The maximum absolute atomic E-state index is 14.0. The molecule has 0 aliphatic heterocycles. The molecule has 0 bridgehead atoms. The molecule has 3 rings (SSSR count). The monoisotopic (exact) mass is 487 g/mol. The number of rotatable bonds is 6. The zero-order chi connectivity index (χ0) is 22.7. The second-order valence-electron chi connectivity index (χ2n) is 6.79. The largest absolute Gasteiger partial charge is 0.467 e. The summed E-state index contributed by atoms with van der Waals surface area (Å²) in [7, 11) is 3.25. The Hall–Kier alpha value is -3.52. The van der Waals surface area contributed by atoms with Crippen LogP contribution in [0.25, 0.3) is 0 Å². The van der Waals surface area contributed by atoms with E-state index in [0.29, 0.717) is 21.6 Å². The van der Waals surface area contributed by atoms with E-state index in [2.05, 4.69) is 31.0 Å². The van der Waals surface area contributed by atoms with E-state index in [-0.39, 0.29) is 29.7 Å². The van der Waals surface area contributed by atoms with Crippen LogP contribution in [0.4, 0.5) is 10.2 Å². The summed E-state index contributed by atoms with van der Waals surface area (Å²) in [6.07, 6.45) is 0.683. The number of amides is 1. The van der Waals surface area contributed by atoms with Crippen molar-refractivity contribution in [3.63, 3.8) is 0 Å². The molecule has 1 atom stereocenters. The maximum Gasteiger partial charge on any atom is 0.258 e. The minimum Gasteiger partial charge on any atom is -0.467 e. The van der Waals surface area contributed by atoms with Crippen LogP contribution in [0, 0.1) is 17.1 Å². The summed E-state index contributed by atoms with van der Waals surface area (Å²) >= 11 is 3.20. The van der Waals surface area contributed by atoms with Crippen molar-refractivity contribution in [2.75, 3.05) is 12.8 Å². The van der Waals surface area contributed by atoms with Gasteiger partial charge in [-0.2, -0.15) is 10.4 Å². The number of anilines is 1. The van der Waals surface area contributed by atoms with Crippen LogP contribution in [0.1, 0.15) is 40.3 Å². The summed E-state index contributed by atoms with van der Waals surface area (Å²) in [6, 6.07) is 7.48. The second kappa shape index (κ2) is 9.09. The molecular weight excluding hydrogens is 469 g/mol. The number of halogens is 2. The minimum absolute atomic E-state index is 0.0652. The first kappa shape index (κ1) is 22.2. The summed E-state index contributed by atoms with van der Waals surface area (Å²) in [5, 5.41) is 13.3. The average Bonchev–Trinajstić information content (AvgIpc) is 3.09. The van der Waals surface area contributed by atoms with E-state index in [1.165, 1.54) is 34.0 Å². The molecule has 0 spiro atoms. The highest BCUT2D eigenvalue weighted by molar-refractivity contribution is 9.10. The molecule has 1 aromatic carbocycles. The van der Waals surface area contributed by atoms with Crippen molar-refractivity contribution in [3.8, 4) is 11.9 Å². The van der Waals surface area contributed by atoms with Crippen LogP contribution in [0.5, 0.6) is 5.88 Å². The van der Waals surface area contributed by atoms with Crippen molar-refractivity contribution in [2.45, 2.75) is 19.6 Å². The molecule has 2 aromatic heterocycles. The first-order valence-electron chi connectivity index (χ1n) is 9.12. The Balaban J connectivity index is 1.86. The van der Waals surface area contributed by atoms with Crippen LogP contribution in [0.3, 0.4) is 0 Å². The fourth-order valence-corrected chi connectivity index (χ4v) is 3.24. The van der Waals surface area contributed by atoms with E-state index in [0.717, 1.165) is 0 Å². The van der Waals surface area contributed by atoms with Gasteiger partial charge in [0.15, 0.2) is 5.82 Å². The van der Waals surface area contributed by atoms with Gasteiger partial charge in [-0.15, -0.1) is 0 Å². The Labute approximate surface area is 186 Å². The fraction of sp³-hybridized carbons (Fsp3) is 0.250. The normalized spacial score (nSPS) is 11.6. The number of carbonyl (C=O) groups is 1. The van der Waals surface area contributed by atoms with Gasteiger partial charge in [-0.3, -0.25) is 9.48 Å². The minimum atomic E-state index is -0.742. The first-order chi connectivity index (χ1) is 14.7. The van der Waals surface area contributed by atoms with E-state index in [1.54, 1.807) is 27.1 Å². The number of benzene rings is 1. The summed E-state index contributed by atoms with van der Waals surface area (Å²) in [6.45, 7) is 1.83. The Morgan fingerprint density at radius 3 is 2.87 bits per heavy atom. The molecule has 0 unspecified atom stereocenters. The lowest BCUT2D eigenvalue weighted by Crippen LogP contribution is -2.28. The highest BCUT2D eigenvalue weighted by Crippen LogP contribution is 2.28. The van der Waals surface area contributed by atoms with Crippen molar-refractivity contribution in [1.29, 1.82) is 5.26 Å². The molecule has 160 valence electrons. The number of nitriles is 1.